The van der Waals surface area contributed by atoms with Crippen LogP contribution in [0.25, 0.3) is 10.2 Å². The quantitative estimate of drug-likeness (QED) is 0.663. The topological polar surface area (TPSA) is 74.8 Å². The lowest BCUT2D eigenvalue weighted by Crippen LogP contribution is -2.24. The molecule has 3 rings (SSSR count). The molecule has 0 radical (unpaired) electrons. The molecule has 1 aliphatic rings. The molecule has 0 bridgehead atoms. The van der Waals surface area contributed by atoms with Crippen LogP contribution in [0.4, 0.5) is 0 Å². The van der Waals surface area contributed by atoms with Gasteiger partial charge in [-0.05, 0) is 37.7 Å². The predicted molar refractivity (Wildman–Crippen MR) is 90.8 cm³/mol. The van der Waals surface area contributed by atoms with Crippen LogP contribution in [-0.4, -0.2) is 28.2 Å². The van der Waals surface area contributed by atoms with E-state index in [1.165, 1.54) is 22.2 Å². The van der Waals surface area contributed by atoms with Crippen LogP contribution >= 0.6 is 23.1 Å². The van der Waals surface area contributed by atoms with Gasteiger partial charge in [0.15, 0.2) is 5.16 Å². The van der Waals surface area contributed by atoms with Gasteiger partial charge in [-0.2, -0.15) is 0 Å². The summed E-state index contributed by atoms with van der Waals surface area (Å²) in [6, 6.07) is 0. The first kappa shape index (κ1) is 15.6. The third-order valence-corrected chi connectivity index (χ3v) is 5.88. The minimum absolute atomic E-state index is 0.0467. The lowest BCUT2D eigenvalue weighted by atomic mass is 9.89. The van der Waals surface area contributed by atoms with Crippen molar-refractivity contribution in [1.29, 1.82) is 0 Å². The second kappa shape index (κ2) is 6.42. The average molecular weight is 337 g/mol. The maximum Gasteiger partial charge on any atom is 0.260 e. The Morgan fingerprint density at radius 3 is 3.14 bits per heavy atom. The molecule has 0 saturated heterocycles. The van der Waals surface area contributed by atoms with Crippen LogP contribution in [0, 0.1) is 5.92 Å². The number of H-pyrrole nitrogens is 1. The molecule has 0 unspecified atom stereocenters. The molecular formula is C15H19N3O2S2. The van der Waals surface area contributed by atoms with Gasteiger partial charge in [-0.25, -0.2) is 4.98 Å². The molecule has 5 nitrogen and oxygen atoms in total. The number of aryl methyl sites for hydroxylation is 1. The monoisotopic (exact) mass is 337 g/mol. The molecule has 1 aliphatic carbocycles. The van der Waals surface area contributed by atoms with Crippen LogP contribution in [0.1, 0.15) is 30.7 Å². The van der Waals surface area contributed by atoms with E-state index in [0.29, 0.717) is 17.6 Å². The standard InChI is InChI=1S/C15H19N3O2S2/c1-3-16-11(19)7-21-15-17-13(20)12-9-5-4-8(2)6-10(9)22-14(12)18-15/h8H,3-7H2,1-2H3,(H,16,19)(H,17,18,20)/t8-/m1/s1. The van der Waals surface area contributed by atoms with Gasteiger partial charge in [0, 0.05) is 11.4 Å². The Hall–Kier alpha value is -1.34. The minimum atomic E-state index is -0.0737. The predicted octanol–water partition coefficient (Wildman–Crippen LogP) is 2.34. The van der Waals surface area contributed by atoms with E-state index in [4.69, 9.17) is 0 Å². The van der Waals surface area contributed by atoms with Crippen LogP contribution in [0.5, 0.6) is 0 Å². The maximum atomic E-state index is 12.4. The molecule has 2 N–H and O–H groups in total. The van der Waals surface area contributed by atoms with Crippen molar-refractivity contribution in [3.63, 3.8) is 0 Å². The lowest BCUT2D eigenvalue weighted by Gasteiger charge is -2.17. The summed E-state index contributed by atoms with van der Waals surface area (Å²) in [5.74, 6) is 0.894. The zero-order valence-corrected chi connectivity index (χ0v) is 14.3. The molecular weight excluding hydrogens is 318 g/mol. The fraction of sp³-hybridized carbons (Fsp3) is 0.533. The Morgan fingerprint density at radius 2 is 2.36 bits per heavy atom. The summed E-state index contributed by atoms with van der Waals surface area (Å²) in [7, 11) is 0. The number of rotatable bonds is 4. The molecule has 2 aromatic heterocycles. The fourth-order valence-electron chi connectivity index (χ4n) is 2.78. The first-order valence-corrected chi connectivity index (χ1v) is 9.32. The lowest BCUT2D eigenvalue weighted by molar-refractivity contribution is -0.118. The molecule has 1 amide bonds. The molecule has 0 aromatic carbocycles. The van der Waals surface area contributed by atoms with Gasteiger partial charge in [-0.3, -0.25) is 9.59 Å². The van der Waals surface area contributed by atoms with Gasteiger partial charge < -0.3 is 10.3 Å². The zero-order valence-electron chi connectivity index (χ0n) is 12.7. The highest BCUT2D eigenvalue weighted by atomic mass is 32.2. The van der Waals surface area contributed by atoms with Crippen molar-refractivity contribution >= 4 is 39.2 Å². The first-order valence-electron chi connectivity index (χ1n) is 7.52. The smallest absolute Gasteiger partial charge is 0.260 e. The van der Waals surface area contributed by atoms with Gasteiger partial charge in [-0.1, -0.05) is 18.7 Å². The number of amides is 1. The number of nitrogens with zero attached hydrogens (tertiary/aromatic N) is 1. The van der Waals surface area contributed by atoms with Gasteiger partial charge in [0.05, 0.1) is 11.1 Å². The van der Waals surface area contributed by atoms with Crippen molar-refractivity contribution in [2.45, 2.75) is 38.3 Å². The van der Waals surface area contributed by atoms with Gasteiger partial charge in [0.25, 0.3) is 5.56 Å². The Bertz CT molecular complexity index is 766. The number of thioether (sulfide) groups is 1. The number of hydrogen-bond donors (Lipinski definition) is 2. The molecule has 118 valence electrons. The average Bonchev–Trinajstić information content (AvgIpc) is 2.83. The van der Waals surface area contributed by atoms with Crippen molar-refractivity contribution in [2.24, 2.45) is 5.92 Å². The Labute approximate surface area is 136 Å². The fourth-order valence-corrected chi connectivity index (χ4v) is 4.91. The normalized spacial score (nSPS) is 17.5. The van der Waals surface area contributed by atoms with Gasteiger partial charge in [-0.15, -0.1) is 11.3 Å². The number of thiophene rings is 1. The van der Waals surface area contributed by atoms with Crippen molar-refractivity contribution < 1.29 is 4.79 Å². The summed E-state index contributed by atoms with van der Waals surface area (Å²) < 4.78 is 0. The number of aromatic amines is 1. The third kappa shape index (κ3) is 3.05. The Kier molecular flexibility index (Phi) is 4.54. The van der Waals surface area contributed by atoms with Crippen LogP contribution in [0.3, 0.4) is 0 Å². The number of carbonyl (C=O) groups excluding carboxylic acids is 1. The summed E-state index contributed by atoms with van der Waals surface area (Å²) in [5.41, 5.74) is 1.11. The van der Waals surface area contributed by atoms with E-state index in [0.717, 1.165) is 29.5 Å². The molecule has 2 aromatic rings. The zero-order chi connectivity index (χ0) is 15.7. The Balaban J connectivity index is 1.89. The van der Waals surface area contributed by atoms with E-state index in [1.807, 2.05) is 6.92 Å². The van der Waals surface area contributed by atoms with Crippen LogP contribution in [0.2, 0.25) is 0 Å². The Morgan fingerprint density at radius 1 is 1.55 bits per heavy atom. The first-order chi connectivity index (χ1) is 10.6. The summed E-state index contributed by atoms with van der Waals surface area (Å²) in [6.07, 6.45) is 3.13. The molecule has 0 saturated carbocycles. The molecule has 2 heterocycles. The number of hydrogen-bond acceptors (Lipinski definition) is 5. The number of nitrogens with one attached hydrogen (secondary N) is 2. The largest absolute Gasteiger partial charge is 0.356 e. The van der Waals surface area contributed by atoms with Gasteiger partial charge >= 0.3 is 0 Å². The van der Waals surface area contributed by atoms with Crippen LogP contribution in [0.15, 0.2) is 9.95 Å². The van der Waals surface area contributed by atoms with Crippen molar-refractivity contribution in [1.82, 2.24) is 15.3 Å². The highest BCUT2D eigenvalue weighted by Crippen LogP contribution is 2.36. The second-order valence-electron chi connectivity index (χ2n) is 5.65. The van der Waals surface area contributed by atoms with Crippen molar-refractivity contribution in [3.8, 4) is 0 Å². The second-order valence-corrected chi connectivity index (χ2v) is 7.69. The summed E-state index contributed by atoms with van der Waals surface area (Å²) >= 11 is 2.90. The molecule has 0 spiro atoms. The van der Waals surface area contributed by atoms with E-state index >= 15 is 0 Å². The molecule has 0 aliphatic heterocycles. The highest BCUT2D eigenvalue weighted by Gasteiger charge is 2.23. The van der Waals surface area contributed by atoms with Crippen LogP contribution in [-0.2, 0) is 17.6 Å². The molecule has 1 atom stereocenters. The van der Waals surface area contributed by atoms with E-state index in [-0.39, 0.29) is 17.2 Å². The summed E-state index contributed by atoms with van der Waals surface area (Å²) in [5, 5.41) is 4.02. The van der Waals surface area contributed by atoms with Crippen molar-refractivity contribution in [3.05, 3.63) is 20.8 Å². The highest BCUT2D eigenvalue weighted by molar-refractivity contribution is 7.99. The van der Waals surface area contributed by atoms with E-state index in [2.05, 4.69) is 22.2 Å². The summed E-state index contributed by atoms with van der Waals surface area (Å²) in [6.45, 7) is 4.74. The maximum absolute atomic E-state index is 12.4. The van der Waals surface area contributed by atoms with Gasteiger partial charge in [0.1, 0.15) is 4.83 Å². The SMILES string of the molecule is CCNC(=O)CSc1nc2sc3c(c2c(=O)[nH]1)CC[C@@H](C)C3. The number of fused-ring (bicyclic) bond motifs is 3. The van der Waals surface area contributed by atoms with E-state index in [9.17, 15) is 9.59 Å². The molecule has 0 fully saturated rings. The van der Waals surface area contributed by atoms with Gasteiger partial charge in [0.2, 0.25) is 5.91 Å². The third-order valence-electron chi connectivity index (χ3n) is 3.86. The number of carbonyl (C=O) groups is 1. The van der Waals surface area contributed by atoms with Crippen LogP contribution < -0.4 is 10.9 Å². The number of aromatic nitrogens is 2. The summed E-state index contributed by atoms with van der Waals surface area (Å²) in [4.78, 5) is 33.4. The molecule has 7 heteroatoms. The van der Waals surface area contributed by atoms with Crippen molar-refractivity contribution in [2.75, 3.05) is 12.3 Å². The van der Waals surface area contributed by atoms with E-state index < -0.39 is 0 Å². The minimum Gasteiger partial charge on any atom is -0.356 e. The molecule has 22 heavy (non-hydrogen) atoms. The van der Waals surface area contributed by atoms with E-state index in [1.54, 1.807) is 11.3 Å².